The molecule has 0 aliphatic heterocycles. The molecule has 4 aromatic carbocycles. The van der Waals surface area contributed by atoms with E-state index < -0.39 is 33.7 Å². The molecule has 0 aliphatic rings. The van der Waals surface area contributed by atoms with Crippen molar-refractivity contribution in [3.05, 3.63) is 121 Å². The minimum atomic E-state index is -3.13. The van der Waals surface area contributed by atoms with Crippen LogP contribution in [0.4, 0.5) is 4.39 Å². The maximum Gasteiger partial charge on any atom is 0.261 e. The molecule has 0 bridgehead atoms. The Balaban J connectivity index is 1.85. The van der Waals surface area contributed by atoms with Gasteiger partial charge in [0.05, 0.1) is 17.1 Å². The summed E-state index contributed by atoms with van der Waals surface area (Å²) in [7, 11) is -4.61. The van der Waals surface area contributed by atoms with Crippen LogP contribution in [0.2, 0.25) is 10.1 Å². The SMILES string of the molecule is CON=C[C@@H](F)[C@H](O[Si](c1ccccc1)(c1ccccc1)C(C)(C)C)[C@@H](Br)CO[Si](c1ccccc1)(c1ccccc1)C(C)(C)C. The highest BCUT2D eigenvalue weighted by Gasteiger charge is 2.54. The molecule has 0 fully saturated rings. The van der Waals surface area contributed by atoms with Crippen LogP contribution in [0.1, 0.15) is 41.5 Å². The molecule has 0 saturated heterocycles. The van der Waals surface area contributed by atoms with Gasteiger partial charge in [0.25, 0.3) is 16.6 Å². The molecule has 0 unspecified atom stereocenters. The maximum absolute atomic E-state index is 16.5. The summed E-state index contributed by atoms with van der Waals surface area (Å²) in [4.78, 5) is 4.41. The third-order valence-corrected chi connectivity index (χ3v) is 19.4. The number of hydrogen-bond donors (Lipinski definition) is 0. The monoisotopic (exact) mass is 719 g/mol. The normalized spacial score (nSPS) is 15.0. The number of alkyl halides is 2. The van der Waals surface area contributed by atoms with Gasteiger partial charge in [-0.3, -0.25) is 0 Å². The van der Waals surface area contributed by atoms with Gasteiger partial charge in [-0.1, -0.05) is 184 Å². The molecule has 0 aromatic heterocycles. The molecule has 4 nitrogen and oxygen atoms in total. The average molecular weight is 721 g/mol. The number of nitrogens with zero attached hydrogens (tertiary/aromatic N) is 1. The quantitative estimate of drug-likeness (QED) is 0.0633. The lowest BCUT2D eigenvalue weighted by molar-refractivity contribution is 0.106. The van der Waals surface area contributed by atoms with Crippen molar-refractivity contribution in [3.8, 4) is 0 Å². The van der Waals surface area contributed by atoms with E-state index >= 15 is 4.39 Å². The van der Waals surface area contributed by atoms with Crippen molar-refractivity contribution >= 4 is 59.5 Å². The van der Waals surface area contributed by atoms with E-state index in [0.717, 1.165) is 20.7 Å². The highest BCUT2D eigenvalue weighted by molar-refractivity contribution is 9.09. The summed E-state index contributed by atoms with van der Waals surface area (Å²) in [6.45, 7) is 13.5. The van der Waals surface area contributed by atoms with Crippen LogP contribution in [0.3, 0.4) is 0 Å². The molecule has 4 aromatic rings. The molecule has 0 N–H and O–H groups in total. The van der Waals surface area contributed by atoms with E-state index in [1.165, 1.54) is 13.3 Å². The first-order chi connectivity index (χ1) is 21.9. The summed E-state index contributed by atoms with van der Waals surface area (Å²) in [5, 5.41) is 7.72. The van der Waals surface area contributed by atoms with Gasteiger partial charge in [-0.15, -0.1) is 0 Å². The van der Waals surface area contributed by atoms with Gasteiger partial charge < -0.3 is 13.7 Å². The fourth-order valence-corrected chi connectivity index (χ4v) is 16.8. The zero-order valence-electron chi connectivity index (χ0n) is 28.0. The predicted octanol–water partition coefficient (Wildman–Crippen LogP) is 7.24. The van der Waals surface area contributed by atoms with Crippen molar-refractivity contribution in [3.63, 3.8) is 0 Å². The van der Waals surface area contributed by atoms with E-state index in [1.807, 2.05) is 48.5 Å². The Morgan fingerprint density at radius 3 is 1.33 bits per heavy atom. The zero-order valence-corrected chi connectivity index (χ0v) is 31.6. The summed E-state index contributed by atoms with van der Waals surface area (Å²) in [6, 6.07) is 41.5. The molecule has 0 amide bonds. The van der Waals surface area contributed by atoms with E-state index in [-0.39, 0.29) is 16.7 Å². The number of oxime groups is 1. The molecule has 0 radical (unpaired) electrons. The number of hydrogen-bond acceptors (Lipinski definition) is 4. The summed E-state index contributed by atoms with van der Waals surface area (Å²) >= 11 is 3.92. The van der Waals surface area contributed by atoms with Crippen LogP contribution < -0.4 is 20.7 Å². The summed E-state index contributed by atoms with van der Waals surface area (Å²) in [5.41, 5.74) is 0. The first-order valence-corrected chi connectivity index (χ1v) is 20.5. The first-order valence-electron chi connectivity index (χ1n) is 15.8. The average Bonchev–Trinajstić information content (AvgIpc) is 3.05. The Morgan fingerprint density at radius 2 is 1.00 bits per heavy atom. The third kappa shape index (κ3) is 7.47. The molecule has 244 valence electrons. The van der Waals surface area contributed by atoms with E-state index in [1.54, 1.807) is 0 Å². The summed E-state index contributed by atoms with van der Waals surface area (Å²) in [5.74, 6) is 0. The molecular weight excluding hydrogens is 673 g/mol. The third-order valence-electron chi connectivity index (χ3n) is 8.58. The van der Waals surface area contributed by atoms with Crippen molar-refractivity contribution in [1.82, 2.24) is 0 Å². The summed E-state index contributed by atoms with van der Waals surface area (Å²) < 4.78 is 31.2. The summed E-state index contributed by atoms with van der Waals surface area (Å²) in [6.07, 6.45) is -1.32. The van der Waals surface area contributed by atoms with Crippen molar-refractivity contribution < 1.29 is 18.1 Å². The Kier molecular flexibility index (Phi) is 12.0. The second kappa shape index (κ2) is 15.3. The highest BCUT2D eigenvalue weighted by Crippen LogP contribution is 2.40. The largest absolute Gasteiger partial charge is 0.406 e. The van der Waals surface area contributed by atoms with E-state index in [4.69, 9.17) is 13.7 Å². The van der Waals surface area contributed by atoms with Crippen LogP contribution in [0.15, 0.2) is 126 Å². The van der Waals surface area contributed by atoms with Crippen LogP contribution in [0, 0.1) is 0 Å². The zero-order chi connectivity index (χ0) is 33.4. The Morgan fingerprint density at radius 1 is 0.652 bits per heavy atom. The van der Waals surface area contributed by atoms with Crippen LogP contribution in [0.25, 0.3) is 0 Å². The van der Waals surface area contributed by atoms with Gasteiger partial charge in [0.1, 0.15) is 7.11 Å². The second-order valence-corrected chi connectivity index (χ2v) is 23.4. The molecular formula is C38H47BrFNO3Si2. The smallest absolute Gasteiger partial charge is 0.261 e. The van der Waals surface area contributed by atoms with Gasteiger partial charge in [0.15, 0.2) is 6.17 Å². The van der Waals surface area contributed by atoms with Gasteiger partial charge in [-0.2, -0.15) is 0 Å². The minimum Gasteiger partial charge on any atom is -0.406 e. The van der Waals surface area contributed by atoms with E-state index in [2.05, 4.69) is 135 Å². The molecule has 0 aliphatic carbocycles. The second-order valence-electron chi connectivity index (χ2n) is 13.6. The Bertz CT molecular complexity index is 1440. The van der Waals surface area contributed by atoms with Crippen LogP contribution in [-0.4, -0.2) is 53.7 Å². The Labute approximate surface area is 285 Å². The number of halogens is 2. The van der Waals surface area contributed by atoms with E-state index in [0.29, 0.717) is 0 Å². The maximum atomic E-state index is 16.5. The van der Waals surface area contributed by atoms with Crippen LogP contribution in [-0.2, 0) is 13.7 Å². The lowest BCUT2D eigenvalue weighted by atomic mass is 10.2. The fraction of sp³-hybridized carbons (Fsp3) is 0.342. The number of rotatable bonds is 13. The van der Waals surface area contributed by atoms with Crippen molar-refractivity contribution in [2.24, 2.45) is 5.16 Å². The van der Waals surface area contributed by atoms with Crippen molar-refractivity contribution in [2.75, 3.05) is 13.7 Å². The standard InChI is InChI=1S/C38H47BrFNO3Si2/c1-37(2,3)45(30-20-12-8-13-21-30,31-22-14-9-15-23-31)43-29-34(39)36(35(40)28-41-42-7)44-46(38(4,5)6,32-24-16-10-17-25-32)33-26-18-11-19-27-33/h8-28,34-36H,29H2,1-7H3/t34-,35+,36+/m0/s1. The predicted molar refractivity (Wildman–Crippen MR) is 199 cm³/mol. The molecule has 8 heteroatoms. The van der Waals surface area contributed by atoms with Gasteiger partial charge in [-0.05, 0) is 30.8 Å². The van der Waals surface area contributed by atoms with Crippen LogP contribution in [0.5, 0.6) is 0 Å². The molecule has 0 heterocycles. The molecule has 0 saturated carbocycles. The van der Waals surface area contributed by atoms with Crippen molar-refractivity contribution in [1.29, 1.82) is 0 Å². The molecule has 4 rings (SSSR count). The molecule has 3 atom stereocenters. The highest BCUT2D eigenvalue weighted by atomic mass is 79.9. The fourth-order valence-electron chi connectivity index (χ4n) is 6.50. The lowest BCUT2D eigenvalue weighted by Crippen LogP contribution is -2.70. The van der Waals surface area contributed by atoms with Gasteiger partial charge >= 0.3 is 0 Å². The molecule has 0 spiro atoms. The Hall–Kier alpha value is -2.89. The topological polar surface area (TPSA) is 40.0 Å². The van der Waals surface area contributed by atoms with Gasteiger partial charge in [-0.25, -0.2) is 4.39 Å². The lowest BCUT2D eigenvalue weighted by Gasteiger charge is -2.47. The minimum absolute atomic E-state index is 0.220. The van der Waals surface area contributed by atoms with Crippen LogP contribution >= 0.6 is 15.9 Å². The molecule has 46 heavy (non-hydrogen) atoms. The van der Waals surface area contributed by atoms with Gasteiger partial charge in [0, 0.05) is 6.61 Å². The van der Waals surface area contributed by atoms with Crippen molar-refractivity contribution in [2.45, 2.75) is 68.7 Å². The van der Waals surface area contributed by atoms with Gasteiger partial charge in [0.2, 0.25) is 0 Å². The van der Waals surface area contributed by atoms with E-state index in [9.17, 15) is 0 Å². The number of benzene rings is 4. The first kappa shape index (κ1) is 36.0.